The van der Waals surface area contributed by atoms with Gasteiger partial charge >= 0.3 is 0 Å². The first-order valence-corrected chi connectivity index (χ1v) is 6.58. The van der Waals surface area contributed by atoms with Crippen molar-refractivity contribution >= 4 is 24.0 Å². The Morgan fingerprint density at radius 1 is 1.45 bits per heavy atom. The summed E-state index contributed by atoms with van der Waals surface area (Å²) < 4.78 is 12.7. The third-order valence-electron chi connectivity index (χ3n) is 3.55. The van der Waals surface area contributed by atoms with Crippen molar-refractivity contribution in [3.8, 4) is 0 Å². The van der Waals surface area contributed by atoms with E-state index in [1.165, 1.54) is 12.1 Å². The fourth-order valence-corrected chi connectivity index (χ4v) is 2.33. The molecule has 2 rings (SSSR count). The van der Waals surface area contributed by atoms with Crippen molar-refractivity contribution in [2.75, 3.05) is 25.0 Å². The van der Waals surface area contributed by atoms with E-state index in [0.29, 0.717) is 18.2 Å². The van der Waals surface area contributed by atoms with Gasteiger partial charge in [0.05, 0.1) is 6.54 Å². The molecule has 1 aliphatic heterocycles. The third-order valence-corrected chi connectivity index (χ3v) is 3.55. The van der Waals surface area contributed by atoms with E-state index >= 15 is 0 Å². The molecule has 4 nitrogen and oxygen atoms in total. The highest BCUT2D eigenvalue weighted by Crippen LogP contribution is 2.15. The number of anilines is 1. The molecule has 6 heteroatoms. The van der Waals surface area contributed by atoms with Crippen LogP contribution in [0.2, 0.25) is 0 Å². The molecule has 2 unspecified atom stereocenters. The molecule has 1 aliphatic rings. The predicted molar refractivity (Wildman–Crippen MR) is 80.5 cm³/mol. The van der Waals surface area contributed by atoms with Crippen LogP contribution < -0.4 is 11.1 Å². The lowest BCUT2D eigenvalue weighted by Gasteiger charge is -2.34. The minimum atomic E-state index is -0.308. The van der Waals surface area contributed by atoms with Crippen LogP contribution in [0.15, 0.2) is 24.3 Å². The predicted octanol–water partition coefficient (Wildman–Crippen LogP) is 1.86. The number of nitrogens with one attached hydrogen (secondary N) is 1. The molecule has 20 heavy (non-hydrogen) atoms. The van der Waals surface area contributed by atoms with Gasteiger partial charge in [0.15, 0.2) is 0 Å². The molecule has 2 atom stereocenters. The Balaban J connectivity index is 0.00000200. The van der Waals surface area contributed by atoms with Crippen molar-refractivity contribution in [1.29, 1.82) is 0 Å². The van der Waals surface area contributed by atoms with Crippen LogP contribution in [-0.4, -0.2) is 36.5 Å². The molecule has 1 aromatic rings. The number of halogens is 2. The zero-order valence-electron chi connectivity index (χ0n) is 11.5. The van der Waals surface area contributed by atoms with Crippen LogP contribution in [0.5, 0.6) is 0 Å². The van der Waals surface area contributed by atoms with Crippen LogP contribution in [0.3, 0.4) is 0 Å². The smallest absolute Gasteiger partial charge is 0.238 e. The summed E-state index contributed by atoms with van der Waals surface area (Å²) in [6, 6.07) is 6.01. The average molecular weight is 302 g/mol. The SMILES string of the molecule is CC1CN(CC(=O)Nc2ccc(F)cc2)CCC1N.Cl. The van der Waals surface area contributed by atoms with Crippen molar-refractivity contribution in [2.24, 2.45) is 11.7 Å². The Hall–Kier alpha value is -1.17. The summed E-state index contributed by atoms with van der Waals surface area (Å²) in [7, 11) is 0. The molecule has 1 aromatic carbocycles. The van der Waals surface area contributed by atoms with Gasteiger partial charge < -0.3 is 11.1 Å². The molecule has 112 valence electrons. The van der Waals surface area contributed by atoms with E-state index in [4.69, 9.17) is 5.73 Å². The van der Waals surface area contributed by atoms with Gasteiger partial charge in [0.2, 0.25) is 5.91 Å². The van der Waals surface area contributed by atoms with E-state index in [0.717, 1.165) is 19.5 Å². The molecule has 0 aromatic heterocycles. The summed E-state index contributed by atoms with van der Waals surface area (Å²) >= 11 is 0. The highest BCUT2D eigenvalue weighted by Gasteiger charge is 2.24. The lowest BCUT2D eigenvalue weighted by Crippen LogP contribution is -2.48. The molecule has 1 heterocycles. The van der Waals surface area contributed by atoms with E-state index in [1.807, 2.05) is 0 Å². The van der Waals surface area contributed by atoms with Gasteiger partial charge in [-0.05, 0) is 36.6 Å². The van der Waals surface area contributed by atoms with Crippen molar-refractivity contribution < 1.29 is 9.18 Å². The van der Waals surface area contributed by atoms with Gasteiger partial charge in [-0.3, -0.25) is 9.69 Å². The Kier molecular flexibility index (Phi) is 6.39. The molecule has 0 bridgehead atoms. The quantitative estimate of drug-likeness (QED) is 0.896. The number of hydrogen-bond acceptors (Lipinski definition) is 3. The summed E-state index contributed by atoms with van der Waals surface area (Å²) in [4.78, 5) is 14.0. The molecule has 3 N–H and O–H groups in total. The Labute approximate surface area is 124 Å². The van der Waals surface area contributed by atoms with Crippen LogP contribution >= 0.6 is 12.4 Å². The highest BCUT2D eigenvalue weighted by molar-refractivity contribution is 5.92. The minimum absolute atomic E-state index is 0. The Morgan fingerprint density at radius 2 is 2.10 bits per heavy atom. The van der Waals surface area contributed by atoms with Gasteiger partial charge in [-0.25, -0.2) is 4.39 Å². The second-order valence-electron chi connectivity index (χ2n) is 5.22. The number of likely N-dealkylation sites (tertiary alicyclic amines) is 1. The van der Waals surface area contributed by atoms with E-state index < -0.39 is 0 Å². The zero-order valence-corrected chi connectivity index (χ0v) is 12.3. The maximum absolute atomic E-state index is 12.7. The topological polar surface area (TPSA) is 58.4 Å². The van der Waals surface area contributed by atoms with Crippen LogP contribution in [0.25, 0.3) is 0 Å². The maximum atomic E-state index is 12.7. The van der Waals surface area contributed by atoms with Crippen LogP contribution in [0.1, 0.15) is 13.3 Å². The Bertz CT molecular complexity index is 441. The van der Waals surface area contributed by atoms with Gasteiger partial charge in [0, 0.05) is 24.8 Å². The fourth-order valence-electron chi connectivity index (χ4n) is 2.33. The van der Waals surface area contributed by atoms with Crippen molar-refractivity contribution in [3.63, 3.8) is 0 Å². The highest BCUT2D eigenvalue weighted by atomic mass is 35.5. The van der Waals surface area contributed by atoms with Gasteiger partial charge in [0.1, 0.15) is 5.82 Å². The normalized spacial score (nSPS) is 22.9. The molecule has 1 fully saturated rings. The lowest BCUT2D eigenvalue weighted by molar-refractivity contribution is -0.117. The first-order valence-electron chi connectivity index (χ1n) is 6.58. The molecule has 1 amide bonds. The van der Waals surface area contributed by atoms with Crippen molar-refractivity contribution in [1.82, 2.24) is 4.90 Å². The molecular formula is C14H21ClFN3O. The van der Waals surface area contributed by atoms with Gasteiger partial charge in [-0.2, -0.15) is 0 Å². The Morgan fingerprint density at radius 3 is 2.70 bits per heavy atom. The lowest BCUT2D eigenvalue weighted by atomic mass is 9.95. The monoisotopic (exact) mass is 301 g/mol. The molecular weight excluding hydrogens is 281 g/mol. The van der Waals surface area contributed by atoms with E-state index in [1.54, 1.807) is 12.1 Å². The third kappa shape index (κ3) is 4.74. The summed E-state index contributed by atoms with van der Waals surface area (Å²) in [5, 5.41) is 2.76. The first-order chi connectivity index (χ1) is 9.04. The number of nitrogens with two attached hydrogens (primary N) is 1. The van der Waals surface area contributed by atoms with E-state index in [2.05, 4.69) is 17.1 Å². The molecule has 0 saturated carbocycles. The van der Waals surface area contributed by atoms with Crippen LogP contribution in [0, 0.1) is 11.7 Å². The second kappa shape index (κ2) is 7.57. The zero-order chi connectivity index (χ0) is 13.8. The summed E-state index contributed by atoms with van der Waals surface area (Å²) in [6.45, 7) is 4.16. The summed E-state index contributed by atoms with van der Waals surface area (Å²) in [6.07, 6.45) is 0.922. The van der Waals surface area contributed by atoms with Gasteiger partial charge in [0.25, 0.3) is 0 Å². The molecule has 1 saturated heterocycles. The van der Waals surface area contributed by atoms with Crippen LogP contribution in [0.4, 0.5) is 10.1 Å². The minimum Gasteiger partial charge on any atom is -0.327 e. The van der Waals surface area contributed by atoms with Crippen molar-refractivity contribution in [2.45, 2.75) is 19.4 Å². The molecule has 0 aliphatic carbocycles. The van der Waals surface area contributed by atoms with E-state index in [-0.39, 0.29) is 30.2 Å². The number of amides is 1. The van der Waals surface area contributed by atoms with Crippen molar-refractivity contribution in [3.05, 3.63) is 30.1 Å². The number of nitrogens with zero attached hydrogens (tertiary/aromatic N) is 1. The number of carbonyl (C=O) groups is 1. The first kappa shape index (κ1) is 16.9. The number of rotatable bonds is 3. The van der Waals surface area contributed by atoms with Gasteiger partial charge in [-0.15, -0.1) is 12.4 Å². The number of piperidine rings is 1. The average Bonchev–Trinajstić information content (AvgIpc) is 2.37. The van der Waals surface area contributed by atoms with Gasteiger partial charge in [-0.1, -0.05) is 6.92 Å². The maximum Gasteiger partial charge on any atom is 0.238 e. The summed E-state index contributed by atoms with van der Waals surface area (Å²) in [5.41, 5.74) is 6.56. The largest absolute Gasteiger partial charge is 0.327 e. The number of carbonyl (C=O) groups excluding carboxylic acids is 1. The van der Waals surface area contributed by atoms with E-state index in [9.17, 15) is 9.18 Å². The second-order valence-corrected chi connectivity index (χ2v) is 5.22. The summed E-state index contributed by atoms with van der Waals surface area (Å²) in [5.74, 6) is 0.0264. The standard InChI is InChI=1S/C14H20FN3O.ClH/c1-10-8-18(7-6-13(10)16)9-14(19)17-12-4-2-11(15)3-5-12;/h2-5,10,13H,6-9,16H2,1H3,(H,17,19);1H. The number of hydrogen-bond donors (Lipinski definition) is 2. The fraction of sp³-hybridized carbons (Fsp3) is 0.500. The number of benzene rings is 1. The molecule has 0 radical (unpaired) electrons. The molecule has 0 spiro atoms. The van der Waals surface area contributed by atoms with Crippen LogP contribution in [-0.2, 0) is 4.79 Å².